The number of aliphatic hydroxyl groups is 1. The number of fused-ring (bicyclic) bond motifs is 1. The van der Waals surface area contributed by atoms with Crippen LogP contribution >= 0.6 is 0 Å². The van der Waals surface area contributed by atoms with E-state index in [4.69, 9.17) is 9.47 Å². The molecule has 0 aliphatic heterocycles. The van der Waals surface area contributed by atoms with Gasteiger partial charge in [0.2, 0.25) is 0 Å². The van der Waals surface area contributed by atoms with Gasteiger partial charge in [0.25, 0.3) is 0 Å². The average molecular weight is 418 g/mol. The molecule has 1 aliphatic rings. The zero-order valence-corrected chi connectivity index (χ0v) is 18.3. The lowest BCUT2D eigenvalue weighted by Crippen LogP contribution is -2.46. The van der Waals surface area contributed by atoms with Crippen LogP contribution in [0.2, 0.25) is 0 Å². The summed E-state index contributed by atoms with van der Waals surface area (Å²) in [5.74, 6) is 2.00. The molecule has 31 heavy (non-hydrogen) atoms. The van der Waals surface area contributed by atoms with E-state index in [1.165, 1.54) is 11.1 Å². The third-order valence-corrected chi connectivity index (χ3v) is 6.33. The van der Waals surface area contributed by atoms with E-state index in [-0.39, 0.29) is 6.04 Å². The molecule has 0 saturated heterocycles. The molecule has 0 unspecified atom stereocenters. The Balaban J connectivity index is 1.47. The molecular formula is C27H31NO3. The Kier molecular flexibility index (Phi) is 6.90. The molecular weight excluding hydrogens is 386 g/mol. The Labute approximate surface area is 184 Å². The van der Waals surface area contributed by atoms with Crippen molar-refractivity contribution in [3.05, 3.63) is 95.1 Å². The monoisotopic (exact) mass is 417 g/mol. The summed E-state index contributed by atoms with van der Waals surface area (Å²) in [5, 5.41) is 14.5. The van der Waals surface area contributed by atoms with Crippen LogP contribution in [0.3, 0.4) is 0 Å². The van der Waals surface area contributed by atoms with Gasteiger partial charge in [0, 0.05) is 29.5 Å². The standard InChI is InChI=1S/C27H31NO3/c1-30-26-13-14-27(31-2)23-18-25(29)24(17-22(23)26)28-16-15-21(19-9-5-3-6-10-19)20-11-7-4-8-12-20/h3-14,21,24-25,28-29H,15-18H2,1-2H3/t24-,25-/m1/s1. The zero-order valence-electron chi connectivity index (χ0n) is 18.3. The first-order valence-corrected chi connectivity index (χ1v) is 10.9. The molecule has 0 spiro atoms. The van der Waals surface area contributed by atoms with Crippen molar-refractivity contribution in [1.29, 1.82) is 0 Å². The summed E-state index contributed by atoms with van der Waals surface area (Å²) >= 11 is 0. The number of hydrogen-bond donors (Lipinski definition) is 2. The maximum atomic E-state index is 10.8. The molecule has 3 aromatic rings. The minimum atomic E-state index is -0.458. The van der Waals surface area contributed by atoms with Crippen molar-refractivity contribution >= 4 is 0 Å². The van der Waals surface area contributed by atoms with E-state index in [0.717, 1.165) is 42.0 Å². The van der Waals surface area contributed by atoms with Gasteiger partial charge in [-0.2, -0.15) is 0 Å². The van der Waals surface area contributed by atoms with E-state index < -0.39 is 6.10 Å². The number of hydrogen-bond acceptors (Lipinski definition) is 4. The molecule has 162 valence electrons. The van der Waals surface area contributed by atoms with Crippen molar-refractivity contribution in [2.24, 2.45) is 0 Å². The number of benzene rings is 3. The van der Waals surface area contributed by atoms with Gasteiger partial charge in [0.15, 0.2) is 0 Å². The van der Waals surface area contributed by atoms with Gasteiger partial charge in [-0.3, -0.25) is 0 Å². The lowest BCUT2D eigenvalue weighted by Gasteiger charge is -2.32. The third-order valence-electron chi connectivity index (χ3n) is 6.33. The Bertz CT molecular complexity index is 935. The summed E-state index contributed by atoms with van der Waals surface area (Å²) in [6.07, 6.45) is 1.78. The molecule has 4 rings (SSSR count). The number of aliphatic hydroxyl groups excluding tert-OH is 1. The van der Waals surface area contributed by atoms with E-state index >= 15 is 0 Å². The molecule has 0 bridgehead atoms. The molecule has 1 aliphatic carbocycles. The molecule has 4 nitrogen and oxygen atoms in total. The first-order valence-electron chi connectivity index (χ1n) is 10.9. The molecule has 0 radical (unpaired) electrons. The Hall–Kier alpha value is -2.82. The topological polar surface area (TPSA) is 50.7 Å². The molecule has 3 aromatic carbocycles. The Morgan fingerprint density at radius 3 is 1.84 bits per heavy atom. The Morgan fingerprint density at radius 1 is 0.806 bits per heavy atom. The van der Waals surface area contributed by atoms with Gasteiger partial charge in [0.05, 0.1) is 20.3 Å². The number of methoxy groups -OCH3 is 2. The third kappa shape index (κ3) is 4.76. The number of nitrogens with one attached hydrogen (secondary N) is 1. The van der Waals surface area contributed by atoms with E-state index in [0.29, 0.717) is 12.3 Å². The smallest absolute Gasteiger partial charge is 0.122 e. The average Bonchev–Trinajstić information content (AvgIpc) is 2.82. The predicted octanol–water partition coefficient (Wildman–Crippen LogP) is 4.34. The normalized spacial score (nSPS) is 17.9. The first-order chi connectivity index (χ1) is 15.2. The lowest BCUT2D eigenvalue weighted by molar-refractivity contribution is 0.117. The second kappa shape index (κ2) is 9.99. The van der Waals surface area contributed by atoms with Gasteiger partial charge >= 0.3 is 0 Å². The number of ether oxygens (including phenoxy) is 2. The predicted molar refractivity (Wildman–Crippen MR) is 124 cm³/mol. The Morgan fingerprint density at radius 2 is 1.32 bits per heavy atom. The fraction of sp³-hybridized carbons (Fsp3) is 0.333. The zero-order chi connectivity index (χ0) is 21.6. The summed E-state index contributed by atoms with van der Waals surface area (Å²) < 4.78 is 11.1. The highest BCUT2D eigenvalue weighted by atomic mass is 16.5. The van der Waals surface area contributed by atoms with Crippen molar-refractivity contribution in [2.75, 3.05) is 20.8 Å². The highest BCUT2D eigenvalue weighted by Crippen LogP contribution is 2.36. The van der Waals surface area contributed by atoms with Crippen molar-refractivity contribution in [2.45, 2.75) is 37.3 Å². The van der Waals surface area contributed by atoms with E-state index in [9.17, 15) is 5.11 Å². The second-order valence-electron chi connectivity index (χ2n) is 8.13. The summed E-state index contributed by atoms with van der Waals surface area (Å²) in [5.41, 5.74) is 4.82. The summed E-state index contributed by atoms with van der Waals surface area (Å²) in [6.45, 7) is 0.817. The van der Waals surface area contributed by atoms with Crippen molar-refractivity contribution < 1.29 is 14.6 Å². The van der Waals surface area contributed by atoms with Gasteiger partial charge in [-0.05, 0) is 42.6 Å². The maximum Gasteiger partial charge on any atom is 0.122 e. The minimum Gasteiger partial charge on any atom is -0.496 e. The fourth-order valence-corrected chi connectivity index (χ4v) is 4.71. The highest BCUT2D eigenvalue weighted by molar-refractivity contribution is 5.51. The van der Waals surface area contributed by atoms with Crippen molar-refractivity contribution in [3.8, 4) is 11.5 Å². The van der Waals surface area contributed by atoms with Crippen LogP contribution in [-0.4, -0.2) is 38.0 Å². The van der Waals surface area contributed by atoms with Gasteiger partial charge in [-0.25, -0.2) is 0 Å². The van der Waals surface area contributed by atoms with Crippen LogP contribution in [-0.2, 0) is 12.8 Å². The molecule has 0 saturated carbocycles. The molecule has 2 N–H and O–H groups in total. The summed E-state index contributed by atoms with van der Waals surface area (Å²) in [7, 11) is 3.37. The van der Waals surface area contributed by atoms with Crippen molar-refractivity contribution in [1.82, 2.24) is 5.32 Å². The van der Waals surface area contributed by atoms with Gasteiger partial charge in [-0.15, -0.1) is 0 Å². The maximum absolute atomic E-state index is 10.8. The van der Waals surface area contributed by atoms with Crippen LogP contribution in [0.1, 0.15) is 34.6 Å². The van der Waals surface area contributed by atoms with Crippen LogP contribution in [0.4, 0.5) is 0 Å². The largest absolute Gasteiger partial charge is 0.496 e. The molecule has 0 amide bonds. The summed E-state index contributed by atoms with van der Waals surface area (Å²) in [4.78, 5) is 0. The highest BCUT2D eigenvalue weighted by Gasteiger charge is 2.31. The molecule has 0 fully saturated rings. The first kappa shape index (κ1) is 21.4. The number of rotatable bonds is 8. The quantitative estimate of drug-likeness (QED) is 0.572. The second-order valence-corrected chi connectivity index (χ2v) is 8.13. The minimum absolute atomic E-state index is 0.0132. The van der Waals surface area contributed by atoms with Crippen LogP contribution in [0.25, 0.3) is 0 Å². The van der Waals surface area contributed by atoms with Crippen LogP contribution in [0, 0.1) is 0 Å². The van der Waals surface area contributed by atoms with E-state index in [1.807, 2.05) is 12.1 Å². The summed E-state index contributed by atoms with van der Waals surface area (Å²) in [6, 6.07) is 25.1. The van der Waals surface area contributed by atoms with Crippen LogP contribution < -0.4 is 14.8 Å². The molecule has 0 heterocycles. The van der Waals surface area contributed by atoms with Gasteiger partial charge < -0.3 is 19.9 Å². The fourth-order valence-electron chi connectivity index (χ4n) is 4.71. The molecule has 2 atom stereocenters. The van der Waals surface area contributed by atoms with Gasteiger partial charge in [0.1, 0.15) is 11.5 Å². The van der Waals surface area contributed by atoms with E-state index in [1.54, 1.807) is 14.2 Å². The van der Waals surface area contributed by atoms with Crippen molar-refractivity contribution in [3.63, 3.8) is 0 Å². The van der Waals surface area contributed by atoms with Crippen LogP contribution in [0.5, 0.6) is 11.5 Å². The van der Waals surface area contributed by atoms with Crippen LogP contribution in [0.15, 0.2) is 72.8 Å². The SMILES string of the molecule is COc1ccc(OC)c2c1C[C@@H](O)[C@H](NCCC(c1ccccc1)c1ccccc1)C2. The van der Waals surface area contributed by atoms with E-state index in [2.05, 4.69) is 66.0 Å². The van der Waals surface area contributed by atoms with Gasteiger partial charge in [-0.1, -0.05) is 60.7 Å². The molecule has 4 heteroatoms. The molecule has 0 aromatic heterocycles. The lowest BCUT2D eigenvalue weighted by atomic mass is 9.84.